The zero-order valence-electron chi connectivity index (χ0n) is 20.2. The average Bonchev–Trinajstić information content (AvgIpc) is 2.85. The Hall–Kier alpha value is -2.89. The Morgan fingerprint density at radius 2 is 1.81 bits per heavy atom. The SMILES string of the molecule is C[C@]1(CC(=O)O)C[C@H](c2cccc(Cl)c2)[C@@H](c2ccc(Cl)cc2)N(CCCCc2ccccn2)C1=O. The molecule has 0 unspecified atom stereocenters. The van der Waals surface area contributed by atoms with Crippen LogP contribution in [0.1, 0.15) is 61.4 Å². The van der Waals surface area contributed by atoms with Gasteiger partial charge in [-0.2, -0.15) is 0 Å². The van der Waals surface area contributed by atoms with Gasteiger partial charge in [-0.15, -0.1) is 0 Å². The highest BCUT2D eigenvalue weighted by Gasteiger charge is 2.50. The molecule has 2 heterocycles. The van der Waals surface area contributed by atoms with Crippen LogP contribution in [-0.2, 0) is 16.0 Å². The van der Waals surface area contributed by atoms with Gasteiger partial charge in [0.1, 0.15) is 0 Å². The first kappa shape index (κ1) is 26.2. The van der Waals surface area contributed by atoms with Gasteiger partial charge >= 0.3 is 5.97 Å². The van der Waals surface area contributed by atoms with Crippen LogP contribution in [0.15, 0.2) is 72.9 Å². The van der Waals surface area contributed by atoms with E-state index in [1.165, 1.54) is 0 Å². The second-order valence-corrected chi connectivity index (χ2v) is 10.6. The first-order valence-corrected chi connectivity index (χ1v) is 13.0. The number of amides is 1. The van der Waals surface area contributed by atoms with E-state index in [0.717, 1.165) is 36.1 Å². The standard InChI is InChI=1S/C29H30Cl2N2O3/c1-29(19-26(34)35)18-25(21-7-6-8-23(31)17-21)27(20-11-13-22(30)14-12-20)33(28(29)36)16-5-3-10-24-9-2-4-15-32-24/h2,4,6-9,11-15,17,25,27H,3,5,10,16,18-19H2,1H3,(H,34,35)/t25-,27-,29-/m1/s1. The van der Waals surface area contributed by atoms with Crippen molar-refractivity contribution in [1.82, 2.24) is 9.88 Å². The molecular formula is C29H30Cl2N2O3. The lowest BCUT2D eigenvalue weighted by atomic mass is 9.67. The van der Waals surface area contributed by atoms with E-state index in [0.29, 0.717) is 23.0 Å². The van der Waals surface area contributed by atoms with Gasteiger partial charge in [0, 0.05) is 34.4 Å². The topological polar surface area (TPSA) is 70.5 Å². The number of benzene rings is 2. The fourth-order valence-electron chi connectivity index (χ4n) is 5.34. The molecule has 3 atom stereocenters. The number of unbranched alkanes of at least 4 members (excludes halogenated alkanes) is 1. The Morgan fingerprint density at radius 1 is 1.03 bits per heavy atom. The third kappa shape index (κ3) is 6.08. The van der Waals surface area contributed by atoms with Crippen LogP contribution in [0.2, 0.25) is 10.0 Å². The molecular weight excluding hydrogens is 495 g/mol. The van der Waals surface area contributed by atoms with Crippen LogP contribution in [-0.4, -0.2) is 33.4 Å². The van der Waals surface area contributed by atoms with E-state index in [4.69, 9.17) is 23.2 Å². The molecule has 1 aromatic heterocycles. The number of aliphatic carboxylic acids is 1. The highest BCUT2D eigenvalue weighted by molar-refractivity contribution is 6.30. The molecule has 1 aliphatic heterocycles. The minimum Gasteiger partial charge on any atom is -0.481 e. The van der Waals surface area contributed by atoms with Crippen molar-refractivity contribution in [2.24, 2.45) is 5.41 Å². The highest BCUT2D eigenvalue weighted by Crippen LogP contribution is 2.51. The van der Waals surface area contributed by atoms with E-state index in [2.05, 4.69) is 4.98 Å². The second kappa shape index (κ2) is 11.4. The van der Waals surface area contributed by atoms with Crippen LogP contribution in [0.5, 0.6) is 0 Å². The van der Waals surface area contributed by atoms with Crippen molar-refractivity contribution in [3.8, 4) is 0 Å². The quantitative estimate of drug-likeness (QED) is 0.307. The van der Waals surface area contributed by atoms with Crippen LogP contribution in [0.25, 0.3) is 0 Å². The molecule has 1 N–H and O–H groups in total. The molecule has 0 aliphatic carbocycles. The molecule has 3 aromatic rings. The van der Waals surface area contributed by atoms with Crippen molar-refractivity contribution in [2.45, 2.75) is 51.0 Å². The zero-order valence-corrected chi connectivity index (χ0v) is 21.8. The second-order valence-electron chi connectivity index (χ2n) is 9.77. The van der Waals surface area contributed by atoms with E-state index in [9.17, 15) is 14.7 Å². The summed E-state index contributed by atoms with van der Waals surface area (Å²) in [5.41, 5.74) is 1.96. The van der Waals surface area contributed by atoms with Crippen LogP contribution in [0.3, 0.4) is 0 Å². The number of rotatable bonds is 9. The number of likely N-dealkylation sites (tertiary alicyclic amines) is 1. The van der Waals surface area contributed by atoms with Crippen molar-refractivity contribution in [2.75, 3.05) is 6.54 Å². The van der Waals surface area contributed by atoms with Crippen LogP contribution in [0, 0.1) is 5.41 Å². The Kier molecular flexibility index (Phi) is 8.32. The van der Waals surface area contributed by atoms with Crippen molar-refractivity contribution < 1.29 is 14.7 Å². The monoisotopic (exact) mass is 524 g/mol. The number of aryl methyl sites for hydroxylation is 1. The maximum Gasteiger partial charge on any atom is 0.304 e. The maximum atomic E-state index is 13.9. The van der Waals surface area contributed by atoms with Crippen molar-refractivity contribution >= 4 is 35.1 Å². The molecule has 5 nitrogen and oxygen atoms in total. The minimum atomic E-state index is -1.03. The molecule has 2 aromatic carbocycles. The number of piperidine rings is 1. The van der Waals surface area contributed by atoms with E-state index >= 15 is 0 Å². The number of hydrogen-bond acceptors (Lipinski definition) is 3. The number of carbonyl (C=O) groups is 2. The molecule has 1 saturated heterocycles. The van der Waals surface area contributed by atoms with Gasteiger partial charge in [-0.25, -0.2) is 0 Å². The van der Waals surface area contributed by atoms with E-state index in [1.54, 1.807) is 13.1 Å². The van der Waals surface area contributed by atoms with Gasteiger partial charge in [0.05, 0.1) is 17.9 Å². The molecule has 0 spiro atoms. The molecule has 36 heavy (non-hydrogen) atoms. The highest BCUT2D eigenvalue weighted by atomic mass is 35.5. The molecule has 1 amide bonds. The third-order valence-corrected chi connectivity index (χ3v) is 7.49. The van der Waals surface area contributed by atoms with Gasteiger partial charge in [0.15, 0.2) is 0 Å². The minimum absolute atomic E-state index is 0.122. The number of pyridine rings is 1. The first-order chi connectivity index (χ1) is 17.3. The first-order valence-electron chi connectivity index (χ1n) is 12.2. The van der Waals surface area contributed by atoms with Gasteiger partial charge in [-0.3, -0.25) is 14.6 Å². The number of aromatic nitrogens is 1. The summed E-state index contributed by atoms with van der Waals surface area (Å²) in [4.78, 5) is 32.0. The number of nitrogens with zero attached hydrogens (tertiary/aromatic N) is 2. The lowest BCUT2D eigenvalue weighted by Gasteiger charge is -2.49. The Balaban J connectivity index is 1.69. The smallest absolute Gasteiger partial charge is 0.304 e. The van der Waals surface area contributed by atoms with Crippen molar-refractivity contribution in [3.63, 3.8) is 0 Å². The van der Waals surface area contributed by atoms with E-state index in [-0.39, 0.29) is 24.3 Å². The molecule has 7 heteroatoms. The number of carboxylic acid groups (broad SMARTS) is 1. The number of hydrogen-bond donors (Lipinski definition) is 1. The summed E-state index contributed by atoms with van der Waals surface area (Å²) in [6.07, 6.45) is 4.44. The van der Waals surface area contributed by atoms with Gasteiger partial charge in [-0.1, -0.05) is 60.5 Å². The number of carbonyl (C=O) groups excluding carboxylic acids is 1. The lowest BCUT2D eigenvalue weighted by molar-refractivity contribution is -0.157. The molecule has 1 fully saturated rings. The summed E-state index contributed by atoms with van der Waals surface area (Å²) in [6.45, 7) is 2.30. The lowest BCUT2D eigenvalue weighted by Crippen LogP contribution is -2.52. The maximum absolute atomic E-state index is 13.9. The molecule has 4 rings (SSSR count). The third-order valence-electron chi connectivity index (χ3n) is 7.00. The fraction of sp³-hybridized carbons (Fsp3) is 0.345. The van der Waals surface area contributed by atoms with Crippen molar-refractivity contribution in [3.05, 3.63) is 99.8 Å². The summed E-state index contributed by atoms with van der Waals surface area (Å²) < 4.78 is 0. The predicted molar refractivity (Wildman–Crippen MR) is 142 cm³/mol. The summed E-state index contributed by atoms with van der Waals surface area (Å²) in [6, 6.07) is 20.8. The predicted octanol–water partition coefficient (Wildman–Crippen LogP) is 6.95. The van der Waals surface area contributed by atoms with Crippen LogP contribution < -0.4 is 0 Å². The number of halogens is 2. The Bertz CT molecular complexity index is 1200. The van der Waals surface area contributed by atoms with Gasteiger partial charge in [-0.05, 0) is 73.2 Å². The Morgan fingerprint density at radius 3 is 2.47 bits per heavy atom. The number of carboxylic acids is 1. The van der Waals surface area contributed by atoms with Gasteiger partial charge in [0.25, 0.3) is 0 Å². The van der Waals surface area contributed by atoms with Crippen LogP contribution >= 0.6 is 23.2 Å². The van der Waals surface area contributed by atoms with Crippen LogP contribution in [0.4, 0.5) is 0 Å². The van der Waals surface area contributed by atoms with Crippen molar-refractivity contribution in [1.29, 1.82) is 0 Å². The zero-order chi connectivity index (χ0) is 25.7. The normalized spacial score (nSPS) is 22.0. The molecule has 0 radical (unpaired) electrons. The van der Waals surface area contributed by atoms with Gasteiger partial charge in [0.2, 0.25) is 5.91 Å². The summed E-state index contributed by atoms with van der Waals surface area (Å²) in [5, 5.41) is 10.9. The van der Waals surface area contributed by atoms with E-state index < -0.39 is 11.4 Å². The largest absolute Gasteiger partial charge is 0.481 e. The summed E-state index contributed by atoms with van der Waals surface area (Å²) >= 11 is 12.5. The fourth-order valence-corrected chi connectivity index (χ4v) is 5.67. The summed E-state index contributed by atoms with van der Waals surface area (Å²) in [5.74, 6) is -1.22. The molecule has 188 valence electrons. The molecule has 0 saturated carbocycles. The summed E-state index contributed by atoms with van der Waals surface area (Å²) in [7, 11) is 0. The average molecular weight is 525 g/mol. The van der Waals surface area contributed by atoms with Gasteiger partial charge < -0.3 is 10.0 Å². The molecule has 1 aliphatic rings. The molecule has 0 bridgehead atoms. The Labute approximate surface area is 222 Å². The van der Waals surface area contributed by atoms with E-state index in [1.807, 2.05) is 71.6 Å².